The fraction of sp³-hybridized carbons (Fsp3) is 0.0870. The highest BCUT2D eigenvalue weighted by Gasteiger charge is 2.15. The number of hydrogen-bond donors (Lipinski definition) is 1. The fourth-order valence-corrected chi connectivity index (χ4v) is 2.85. The Kier molecular flexibility index (Phi) is 5.79. The van der Waals surface area contributed by atoms with Crippen LogP contribution in [0.2, 0.25) is 0 Å². The lowest BCUT2D eigenvalue weighted by atomic mass is 10.2. The lowest BCUT2D eigenvalue weighted by Gasteiger charge is -2.07. The van der Waals surface area contributed by atoms with Gasteiger partial charge in [0.1, 0.15) is 11.5 Å². The van der Waals surface area contributed by atoms with Crippen LogP contribution in [0.3, 0.4) is 0 Å². The standard InChI is InChI=1S/C23H19N3O5/c1-28-19-12-11-16(14-20(19)29-2)22-25-26-23(31-22)24-21(27)15-7-6-10-18(13-15)30-17-8-4-3-5-9-17/h3-14H,1-2H3,(H,24,26,27). The van der Waals surface area contributed by atoms with Crippen LogP contribution in [-0.2, 0) is 0 Å². The maximum absolute atomic E-state index is 12.6. The summed E-state index contributed by atoms with van der Waals surface area (Å²) in [7, 11) is 3.09. The first-order valence-electron chi connectivity index (χ1n) is 9.36. The molecule has 0 spiro atoms. The average Bonchev–Trinajstić information content (AvgIpc) is 3.28. The van der Waals surface area contributed by atoms with Crippen molar-refractivity contribution in [2.45, 2.75) is 0 Å². The number of carbonyl (C=O) groups is 1. The molecular weight excluding hydrogens is 398 g/mol. The summed E-state index contributed by atoms with van der Waals surface area (Å²) in [5.41, 5.74) is 1.02. The van der Waals surface area contributed by atoms with Gasteiger partial charge in [0.25, 0.3) is 5.91 Å². The molecule has 3 aromatic carbocycles. The SMILES string of the molecule is COc1ccc(-c2nnc(NC(=O)c3cccc(Oc4ccccc4)c3)o2)cc1OC. The molecule has 0 bridgehead atoms. The van der Waals surface area contributed by atoms with Crippen LogP contribution in [0.1, 0.15) is 10.4 Å². The van der Waals surface area contributed by atoms with Gasteiger partial charge in [-0.15, -0.1) is 5.10 Å². The molecule has 31 heavy (non-hydrogen) atoms. The summed E-state index contributed by atoms with van der Waals surface area (Å²) in [6, 6.07) is 21.3. The van der Waals surface area contributed by atoms with Crippen molar-refractivity contribution in [2.24, 2.45) is 0 Å². The number of nitrogens with one attached hydrogen (secondary N) is 1. The number of carbonyl (C=O) groups excluding carboxylic acids is 1. The molecule has 0 unspecified atom stereocenters. The molecule has 0 atom stereocenters. The van der Waals surface area contributed by atoms with Gasteiger partial charge >= 0.3 is 6.01 Å². The average molecular weight is 417 g/mol. The van der Waals surface area contributed by atoms with Crippen LogP contribution in [-0.4, -0.2) is 30.3 Å². The van der Waals surface area contributed by atoms with E-state index in [4.69, 9.17) is 18.6 Å². The molecule has 0 aliphatic carbocycles. The summed E-state index contributed by atoms with van der Waals surface area (Å²) in [4.78, 5) is 12.6. The molecule has 0 aliphatic heterocycles. The Balaban J connectivity index is 1.48. The number of ether oxygens (including phenoxy) is 3. The number of methoxy groups -OCH3 is 2. The fourth-order valence-electron chi connectivity index (χ4n) is 2.85. The lowest BCUT2D eigenvalue weighted by Crippen LogP contribution is -2.12. The molecule has 1 aromatic heterocycles. The molecule has 0 saturated carbocycles. The zero-order valence-corrected chi connectivity index (χ0v) is 16.9. The van der Waals surface area contributed by atoms with Crippen molar-refractivity contribution in [1.82, 2.24) is 10.2 Å². The van der Waals surface area contributed by atoms with Crippen LogP contribution < -0.4 is 19.5 Å². The number of amides is 1. The third-order valence-electron chi connectivity index (χ3n) is 4.35. The minimum Gasteiger partial charge on any atom is -0.493 e. The van der Waals surface area contributed by atoms with Gasteiger partial charge in [0.15, 0.2) is 11.5 Å². The van der Waals surface area contributed by atoms with E-state index in [0.717, 1.165) is 0 Å². The van der Waals surface area contributed by atoms with Crippen LogP contribution in [0, 0.1) is 0 Å². The van der Waals surface area contributed by atoms with E-state index < -0.39 is 5.91 Å². The smallest absolute Gasteiger partial charge is 0.322 e. The van der Waals surface area contributed by atoms with Gasteiger partial charge in [0.05, 0.1) is 14.2 Å². The highest BCUT2D eigenvalue weighted by atomic mass is 16.5. The molecule has 1 heterocycles. The van der Waals surface area contributed by atoms with Crippen LogP contribution in [0.4, 0.5) is 6.01 Å². The van der Waals surface area contributed by atoms with Crippen molar-refractivity contribution in [3.63, 3.8) is 0 Å². The number of hydrogen-bond acceptors (Lipinski definition) is 7. The van der Waals surface area contributed by atoms with E-state index in [1.54, 1.807) is 49.6 Å². The Morgan fingerprint density at radius 3 is 2.39 bits per heavy atom. The van der Waals surface area contributed by atoms with E-state index in [9.17, 15) is 4.79 Å². The molecule has 8 nitrogen and oxygen atoms in total. The van der Waals surface area contributed by atoms with E-state index >= 15 is 0 Å². The van der Waals surface area contributed by atoms with Crippen molar-refractivity contribution in [3.8, 4) is 34.5 Å². The zero-order chi connectivity index (χ0) is 21.6. The van der Waals surface area contributed by atoms with Crippen molar-refractivity contribution in [2.75, 3.05) is 19.5 Å². The van der Waals surface area contributed by atoms with E-state index in [-0.39, 0.29) is 11.9 Å². The predicted molar refractivity (Wildman–Crippen MR) is 114 cm³/mol. The number of para-hydroxylation sites is 1. The molecule has 1 N–H and O–H groups in total. The Bertz CT molecular complexity index is 1190. The van der Waals surface area contributed by atoms with Crippen molar-refractivity contribution in [3.05, 3.63) is 78.4 Å². The second-order valence-corrected chi connectivity index (χ2v) is 6.38. The van der Waals surface area contributed by atoms with Crippen LogP contribution in [0.25, 0.3) is 11.5 Å². The summed E-state index contributed by atoms with van der Waals surface area (Å²) in [6.07, 6.45) is 0. The minimum atomic E-state index is -0.402. The number of nitrogens with zero attached hydrogens (tertiary/aromatic N) is 2. The number of anilines is 1. The van der Waals surface area contributed by atoms with Crippen LogP contribution in [0.5, 0.6) is 23.0 Å². The molecule has 4 rings (SSSR count). The Hall–Kier alpha value is -4.33. The molecule has 0 saturated heterocycles. The molecule has 0 aliphatic rings. The number of rotatable bonds is 7. The third-order valence-corrected chi connectivity index (χ3v) is 4.35. The Morgan fingerprint density at radius 2 is 1.61 bits per heavy atom. The molecular formula is C23H19N3O5. The lowest BCUT2D eigenvalue weighted by molar-refractivity contribution is 0.102. The van der Waals surface area contributed by atoms with Crippen molar-refractivity contribution >= 4 is 11.9 Å². The quantitative estimate of drug-likeness (QED) is 0.461. The summed E-state index contributed by atoms with van der Waals surface area (Å²) < 4.78 is 21.9. The van der Waals surface area contributed by atoms with Gasteiger partial charge in [0, 0.05) is 11.1 Å². The van der Waals surface area contributed by atoms with E-state index in [2.05, 4.69) is 15.5 Å². The summed E-state index contributed by atoms with van der Waals surface area (Å²) >= 11 is 0. The van der Waals surface area contributed by atoms with Crippen LogP contribution in [0.15, 0.2) is 77.2 Å². The number of aromatic nitrogens is 2. The Labute approximate surface area is 178 Å². The molecule has 1 amide bonds. The summed E-state index contributed by atoms with van der Waals surface area (Å²) in [5.74, 6) is 2.15. The van der Waals surface area contributed by atoms with Gasteiger partial charge in [-0.3, -0.25) is 10.1 Å². The highest BCUT2D eigenvalue weighted by Crippen LogP contribution is 2.32. The topological polar surface area (TPSA) is 95.7 Å². The maximum atomic E-state index is 12.6. The largest absolute Gasteiger partial charge is 0.493 e. The van der Waals surface area contributed by atoms with E-state index in [0.29, 0.717) is 34.1 Å². The molecule has 8 heteroatoms. The molecule has 4 aromatic rings. The van der Waals surface area contributed by atoms with Crippen molar-refractivity contribution in [1.29, 1.82) is 0 Å². The minimum absolute atomic E-state index is 0.0239. The zero-order valence-electron chi connectivity index (χ0n) is 16.9. The second kappa shape index (κ2) is 9.00. The maximum Gasteiger partial charge on any atom is 0.322 e. The predicted octanol–water partition coefficient (Wildman–Crippen LogP) is 4.80. The first-order chi connectivity index (χ1) is 15.2. The first kappa shape index (κ1) is 20.0. The Morgan fingerprint density at radius 1 is 0.839 bits per heavy atom. The monoisotopic (exact) mass is 417 g/mol. The number of benzene rings is 3. The molecule has 0 radical (unpaired) electrons. The van der Waals surface area contributed by atoms with Gasteiger partial charge in [-0.05, 0) is 48.5 Å². The van der Waals surface area contributed by atoms with E-state index in [1.807, 2.05) is 30.3 Å². The van der Waals surface area contributed by atoms with E-state index in [1.165, 1.54) is 7.11 Å². The molecule has 0 fully saturated rings. The van der Waals surface area contributed by atoms with Gasteiger partial charge in [-0.25, -0.2) is 0 Å². The normalized spacial score (nSPS) is 10.4. The first-order valence-corrected chi connectivity index (χ1v) is 9.36. The third kappa shape index (κ3) is 4.64. The molecule has 156 valence electrons. The van der Waals surface area contributed by atoms with Gasteiger partial charge in [0.2, 0.25) is 5.89 Å². The van der Waals surface area contributed by atoms with Gasteiger partial charge < -0.3 is 18.6 Å². The van der Waals surface area contributed by atoms with Crippen LogP contribution >= 0.6 is 0 Å². The summed E-state index contributed by atoms with van der Waals surface area (Å²) in [5, 5.41) is 10.5. The second-order valence-electron chi connectivity index (χ2n) is 6.38. The van der Waals surface area contributed by atoms with Gasteiger partial charge in [-0.1, -0.05) is 29.4 Å². The van der Waals surface area contributed by atoms with Gasteiger partial charge in [-0.2, -0.15) is 0 Å². The van der Waals surface area contributed by atoms with Crippen molar-refractivity contribution < 1.29 is 23.4 Å². The summed E-state index contributed by atoms with van der Waals surface area (Å²) in [6.45, 7) is 0. The highest BCUT2D eigenvalue weighted by molar-refractivity contribution is 6.03.